The van der Waals surface area contributed by atoms with E-state index in [2.05, 4.69) is 28.8 Å². The molecule has 5 nitrogen and oxygen atoms in total. The van der Waals surface area contributed by atoms with E-state index >= 15 is 0 Å². The number of nitrogens with one attached hydrogen (secondary N) is 2. The molecule has 0 aliphatic carbocycles. The Labute approximate surface area is 156 Å². The smallest absolute Gasteiger partial charge is 0.161 e. The topological polar surface area (TPSA) is 55.7 Å². The molecule has 0 spiro atoms. The van der Waals surface area contributed by atoms with Gasteiger partial charge in [-0.1, -0.05) is 6.07 Å². The zero-order valence-corrected chi connectivity index (χ0v) is 15.0. The molecule has 2 N–H and O–H groups in total. The van der Waals surface area contributed by atoms with Gasteiger partial charge >= 0.3 is 0 Å². The highest BCUT2D eigenvalue weighted by Gasteiger charge is 2.12. The van der Waals surface area contributed by atoms with Gasteiger partial charge in [-0.2, -0.15) is 0 Å². The number of rotatable bonds is 4. The van der Waals surface area contributed by atoms with Crippen LogP contribution in [0.4, 0.5) is 11.4 Å². The fourth-order valence-electron chi connectivity index (χ4n) is 3.44. The third-order valence-corrected chi connectivity index (χ3v) is 4.86. The first-order valence-corrected chi connectivity index (χ1v) is 9.07. The second-order valence-corrected chi connectivity index (χ2v) is 6.61. The van der Waals surface area contributed by atoms with Crippen molar-refractivity contribution in [2.45, 2.75) is 6.54 Å². The van der Waals surface area contributed by atoms with Crippen LogP contribution in [0.25, 0.3) is 21.9 Å². The molecule has 4 aromatic rings. The van der Waals surface area contributed by atoms with E-state index in [-0.39, 0.29) is 0 Å². The summed E-state index contributed by atoms with van der Waals surface area (Å²) in [4.78, 5) is 0. The molecule has 0 radical (unpaired) electrons. The molecule has 1 aliphatic heterocycles. The predicted octanol–water partition coefficient (Wildman–Crippen LogP) is 5.01. The minimum Gasteiger partial charge on any atom is -0.486 e. The van der Waals surface area contributed by atoms with Crippen LogP contribution in [-0.2, 0) is 6.54 Å². The second-order valence-electron chi connectivity index (χ2n) is 6.61. The standard InChI is InChI=1S/C22H20N2O3/c1-23-15-3-6-19-17(11-15)18-12-16(4-7-20(18)27-19)24-13-14-2-5-21-22(10-14)26-9-8-25-21/h2-7,10-12,23-24H,8-9,13H2,1H3. The molecule has 0 saturated carbocycles. The van der Waals surface area contributed by atoms with Gasteiger partial charge in [0.2, 0.25) is 0 Å². The van der Waals surface area contributed by atoms with E-state index in [0.29, 0.717) is 19.8 Å². The maximum Gasteiger partial charge on any atom is 0.161 e. The minimum absolute atomic E-state index is 0.600. The molecule has 1 aromatic heterocycles. The summed E-state index contributed by atoms with van der Waals surface area (Å²) >= 11 is 0. The number of hydrogen-bond acceptors (Lipinski definition) is 5. The molecule has 0 bridgehead atoms. The minimum atomic E-state index is 0.600. The Kier molecular flexibility index (Phi) is 3.78. The van der Waals surface area contributed by atoms with Crippen LogP contribution in [-0.4, -0.2) is 20.3 Å². The van der Waals surface area contributed by atoms with Gasteiger partial charge in [-0.3, -0.25) is 0 Å². The summed E-state index contributed by atoms with van der Waals surface area (Å²) in [5.74, 6) is 1.63. The average Bonchev–Trinajstić information content (AvgIpc) is 3.09. The summed E-state index contributed by atoms with van der Waals surface area (Å²) in [6.45, 7) is 1.92. The Morgan fingerprint density at radius 1 is 0.778 bits per heavy atom. The first-order chi connectivity index (χ1) is 13.3. The average molecular weight is 360 g/mol. The van der Waals surface area contributed by atoms with Crippen LogP contribution >= 0.6 is 0 Å². The zero-order chi connectivity index (χ0) is 18.2. The van der Waals surface area contributed by atoms with Crippen molar-refractivity contribution in [3.05, 3.63) is 60.2 Å². The summed E-state index contributed by atoms with van der Waals surface area (Å²) in [5, 5.41) is 8.89. The first-order valence-electron chi connectivity index (χ1n) is 9.07. The lowest BCUT2D eigenvalue weighted by Gasteiger charge is -2.19. The molecule has 5 heteroatoms. The van der Waals surface area contributed by atoms with Crippen LogP contribution in [0.3, 0.4) is 0 Å². The van der Waals surface area contributed by atoms with Crippen molar-refractivity contribution in [3.8, 4) is 11.5 Å². The number of furan rings is 1. The molecule has 2 heterocycles. The molecule has 0 fully saturated rings. The third kappa shape index (κ3) is 2.91. The predicted molar refractivity (Wildman–Crippen MR) is 108 cm³/mol. The molecule has 0 saturated heterocycles. The summed E-state index contributed by atoms with van der Waals surface area (Å²) in [7, 11) is 1.92. The quantitative estimate of drug-likeness (QED) is 0.536. The summed E-state index contributed by atoms with van der Waals surface area (Å²) < 4.78 is 17.2. The number of anilines is 2. The molecule has 0 atom stereocenters. The van der Waals surface area contributed by atoms with E-state index < -0.39 is 0 Å². The molecular formula is C22H20N2O3. The van der Waals surface area contributed by atoms with Gasteiger partial charge in [0.25, 0.3) is 0 Å². The molecule has 3 aromatic carbocycles. The maximum atomic E-state index is 5.95. The van der Waals surface area contributed by atoms with E-state index in [1.807, 2.05) is 43.4 Å². The highest BCUT2D eigenvalue weighted by atomic mass is 16.6. The Balaban J connectivity index is 1.42. The van der Waals surface area contributed by atoms with Crippen molar-refractivity contribution < 1.29 is 13.9 Å². The van der Waals surface area contributed by atoms with E-state index in [1.165, 1.54) is 0 Å². The SMILES string of the molecule is CNc1ccc2oc3ccc(NCc4ccc5c(c4)OCCO5)cc3c2c1. The fourth-order valence-corrected chi connectivity index (χ4v) is 3.44. The monoisotopic (exact) mass is 360 g/mol. The largest absolute Gasteiger partial charge is 0.486 e. The number of hydrogen-bond donors (Lipinski definition) is 2. The highest BCUT2D eigenvalue weighted by Crippen LogP contribution is 2.33. The van der Waals surface area contributed by atoms with Crippen molar-refractivity contribution in [1.82, 2.24) is 0 Å². The van der Waals surface area contributed by atoms with Crippen LogP contribution in [0.5, 0.6) is 11.5 Å². The molecule has 1 aliphatic rings. The maximum absolute atomic E-state index is 5.95. The molecular weight excluding hydrogens is 340 g/mol. The van der Waals surface area contributed by atoms with Crippen molar-refractivity contribution in [1.29, 1.82) is 0 Å². The van der Waals surface area contributed by atoms with Gasteiger partial charge in [0.05, 0.1) is 0 Å². The Morgan fingerprint density at radius 2 is 1.48 bits per heavy atom. The van der Waals surface area contributed by atoms with E-state index in [9.17, 15) is 0 Å². The lowest BCUT2D eigenvalue weighted by Crippen LogP contribution is -2.15. The van der Waals surface area contributed by atoms with E-state index in [0.717, 1.165) is 50.4 Å². The Bertz CT molecular complexity index is 1130. The molecule has 0 amide bonds. The van der Waals surface area contributed by atoms with Gasteiger partial charge in [0.15, 0.2) is 11.5 Å². The van der Waals surface area contributed by atoms with Gasteiger partial charge in [-0.25, -0.2) is 0 Å². The summed E-state index contributed by atoms with van der Waals surface area (Å²) in [5.41, 5.74) is 5.06. The van der Waals surface area contributed by atoms with Crippen LogP contribution < -0.4 is 20.1 Å². The first kappa shape index (κ1) is 15.9. The van der Waals surface area contributed by atoms with Crippen molar-refractivity contribution in [2.24, 2.45) is 0 Å². The van der Waals surface area contributed by atoms with Gasteiger partial charge < -0.3 is 24.5 Å². The van der Waals surface area contributed by atoms with Crippen molar-refractivity contribution >= 4 is 33.3 Å². The van der Waals surface area contributed by atoms with Gasteiger partial charge in [0, 0.05) is 35.7 Å². The number of fused-ring (bicyclic) bond motifs is 4. The lowest BCUT2D eigenvalue weighted by molar-refractivity contribution is 0.171. The number of ether oxygens (including phenoxy) is 2. The third-order valence-electron chi connectivity index (χ3n) is 4.86. The van der Waals surface area contributed by atoms with Crippen molar-refractivity contribution in [2.75, 3.05) is 30.9 Å². The van der Waals surface area contributed by atoms with Crippen molar-refractivity contribution in [3.63, 3.8) is 0 Å². The molecule has 0 unspecified atom stereocenters. The van der Waals surface area contributed by atoms with Crippen LogP contribution in [0.2, 0.25) is 0 Å². The Morgan fingerprint density at radius 3 is 2.26 bits per heavy atom. The summed E-state index contributed by atoms with van der Waals surface area (Å²) in [6, 6.07) is 18.4. The summed E-state index contributed by atoms with van der Waals surface area (Å²) in [6.07, 6.45) is 0. The van der Waals surface area contributed by atoms with Gasteiger partial charge in [-0.05, 0) is 54.1 Å². The zero-order valence-electron chi connectivity index (χ0n) is 15.0. The van der Waals surface area contributed by atoms with Gasteiger partial charge in [0.1, 0.15) is 24.4 Å². The highest BCUT2D eigenvalue weighted by molar-refractivity contribution is 6.07. The van der Waals surface area contributed by atoms with Crippen LogP contribution in [0.15, 0.2) is 59.0 Å². The fraction of sp³-hybridized carbons (Fsp3) is 0.182. The normalized spacial score (nSPS) is 13.1. The second kappa shape index (κ2) is 6.43. The van der Waals surface area contributed by atoms with Crippen LogP contribution in [0.1, 0.15) is 5.56 Å². The number of benzene rings is 3. The van der Waals surface area contributed by atoms with E-state index in [1.54, 1.807) is 0 Å². The van der Waals surface area contributed by atoms with E-state index in [4.69, 9.17) is 13.9 Å². The van der Waals surface area contributed by atoms with Crippen LogP contribution in [0, 0.1) is 0 Å². The molecule has 27 heavy (non-hydrogen) atoms. The van der Waals surface area contributed by atoms with Gasteiger partial charge in [-0.15, -0.1) is 0 Å². The molecule has 136 valence electrons. The molecule has 5 rings (SSSR count). The Hall–Kier alpha value is -3.34. The lowest BCUT2D eigenvalue weighted by atomic mass is 10.1.